The van der Waals surface area contributed by atoms with Gasteiger partial charge in [-0.15, -0.1) is 0 Å². The van der Waals surface area contributed by atoms with E-state index in [4.69, 9.17) is 27.9 Å². The van der Waals surface area contributed by atoms with E-state index in [1.165, 1.54) is 0 Å². The minimum absolute atomic E-state index is 0.412. The first-order valence-corrected chi connectivity index (χ1v) is 7.09. The van der Waals surface area contributed by atoms with Crippen LogP contribution in [0, 0.1) is 0 Å². The Bertz CT molecular complexity index is 584. The maximum absolute atomic E-state index is 10.7. The van der Waals surface area contributed by atoms with Gasteiger partial charge in [0, 0.05) is 10.0 Å². The van der Waals surface area contributed by atoms with Gasteiger partial charge >= 0.3 is 0 Å². The predicted octanol–water partition coefficient (Wildman–Crippen LogP) is 5.42. The lowest BCUT2D eigenvalue weighted by Crippen LogP contribution is -1.93. The van der Waals surface area contributed by atoms with Crippen molar-refractivity contribution in [2.75, 3.05) is 0 Å². The Hall–Kier alpha value is -1.03. The summed E-state index contributed by atoms with van der Waals surface area (Å²) in [5.74, 6) is 1.26. The Labute approximate surface area is 129 Å². The van der Waals surface area contributed by atoms with Crippen molar-refractivity contribution in [3.05, 3.63) is 58.1 Å². The molecule has 2 aromatic rings. The van der Waals surface area contributed by atoms with Crippen molar-refractivity contribution >= 4 is 45.4 Å². The summed E-state index contributed by atoms with van der Waals surface area (Å²) in [7, 11) is 0. The van der Waals surface area contributed by atoms with E-state index in [-0.39, 0.29) is 0 Å². The molecule has 0 aliphatic heterocycles. The van der Waals surface area contributed by atoms with Crippen molar-refractivity contribution in [2.45, 2.75) is 4.83 Å². The van der Waals surface area contributed by atoms with Crippen LogP contribution in [0.15, 0.2) is 42.5 Å². The molecule has 0 aliphatic carbocycles. The molecule has 0 aliphatic rings. The minimum Gasteiger partial charge on any atom is -0.457 e. The van der Waals surface area contributed by atoms with Crippen molar-refractivity contribution in [1.29, 1.82) is 0 Å². The molecule has 0 amide bonds. The van der Waals surface area contributed by atoms with Gasteiger partial charge in [0.1, 0.15) is 17.8 Å². The molecule has 2 rings (SSSR count). The van der Waals surface area contributed by atoms with Gasteiger partial charge in [0.25, 0.3) is 0 Å². The van der Waals surface area contributed by atoms with Gasteiger partial charge in [-0.05, 0) is 42.0 Å². The first kappa shape index (κ1) is 14.4. The molecule has 98 valence electrons. The first-order valence-electron chi connectivity index (χ1n) is 5.42. The molecule has 0 aromatic heterocycles. The number of benzene rings is 2. The van der Waals surface area contributed by atoms with Gasteiger partial charge in [-0.25, -0.2) is 0 Å². The van der Waals surface area contributed by atoms with Crippen molar-refractivity contribution < 1.29 is 9.53 Å². The molecule has 0 bridgehead atoms. The Kier molecular flexibility index (Phi) is 4.86. The zero-order chi connectivity index (χ0) is 13.8. The van der Waals surface area contributed by atoms with E-state index < -0.39 is 4.83 Å². The maximum Gasteiger partial charge on any atom is 0.138 e. The third-order valence-electron chi connectivity index (χ3n) is 2.44. The molecule has 0 fully saturated rings. The van der Waals surface area contributed by atoms with Crippen LogP contribution in [0.25, 0.3) is 0 Å². The van der Waals surface area contributed by atoms with Crippen LogP contribution >= 0.6 is 39.1 Å². The van der Waals surface area contributed by atoms with Crippen LogP contribution < -0.4 is 4.74 Å². The minimum atomic E-state index is -0.412. The van der Waals surface area contributed by atoms with Gasteiger partial charge in [0.05, 0.1) is 4.83 Å². The largest absolute Gasteiger partial charge is 0.457 e. The fraction of sp³-hybridized carbons (Fsp3) is 0.0714. The molecule has 0 radical (unpaired) electrons. The maximum atomic E-state index is 10.7. The van der Waals surface area contributed by atoms with Gasteiger partial charge in [0.2, 0.25) is 0 Å². The highest BCUT2D eigenvalue weighted by Gasteiger charge is 2.11. The van der Waals surface area contributed by atoms with Crippen LogP contribution in [0.5, 0.6) is 11.5 Å². The van der Waals surface area contributed by atoms with Gasteiger partial charge in [-0.2, -0.15) is 0 Å². The predicted molar refractivity (Wildman–Crippen MR) is 80.7 cm³/mol. The lowest BCUT2D eigenvalue weighted by Gasteiger charge is -2.09. The second-order valence-electron chi connectivity index (χ2n) is 3.78. The Morgan fingerprint density at radius 2 is 1.68 bits per heavy atom. The summed E-state index contributed by atoms with van der Waals surface area (Å²) < 4.78 is 5.64. The Balaban J connectivity index is 2.20. The van der Waals surface area contributed by atoms with Crippen molar-refractivity contribution in [1.82, 2.24) is 0 Å². The summed E-state index contributed by atoms with van der Waals surface area (Å²) >= 11 is 15.1. The number of carbonyl (C=O) groups excluding carboxylic acids is 1. The highest BCUT2D eigenvalue weighted by atomic mass is 79.9. The lowest BCUT2D eigenvalue weighted by atomic mass is 10.1. The number of alkyl halides is 1. The molecule has 2 nitrogen and oxygen atoms in total. The van der Waals surface area contributed by atoms with Gasteiger partial charge in [0.15, 0.2) is 0 Å². The van der Waals surface area contributed by atoms with Crippen LogP contribution in [0.2, 0.25) is 10.0 Å². The molecule has 19 heavy (non-hydrogen) atoms. The molecule has 0 N–H and O–H groups in total. The summed E-state index contributed by atoms with van der Waals surface area (Å²) in [6, 6.07) is 12.2. The zero-order valence-corrected chi connectivity index (χ0v) is 12.7. The number of aldehydes is 1. The topological polar surface area (TPSA) is 26.3 Å². The monoisotopic (exact) mass is 358 g/mol. The van der Waals surface area contributed by atoms with E-state index in [9.17, 15) is 4.79 Å². The van der Waals surface area contributed by atoms with Gasteiger partial charge < -0.3 is 9.53 Å². The number of hydrogen-bond acceptors (Lipinski definition) is 2. The second-order valence-corrected chi connectivity index (χ2v) is 5.61. The van der Waals surface area contributed by atoms with E-state index in [1.807, 2.05) is 0 Å². The molecule has 5 heteroatoms. The molecule has 0 saturated heterocycles. The molecule has 1 unspecified atom stereocenters. The van der Waals surface area contributed by atoms with Crippen molar-refractivity contribution in [3.8, 4) is 11.5 Å². The number of rotatable bonds is 4. The Morgan fingerprint density at radius 3 is 2.26 bits per heavy atom. The Morgan fingerprint density at radius 1 is 1.05 bits per heavy atom. The SMILES string of the molecule is O=CC(Br)c1ccc(Oc2ccc(Cl)cc2)cc1Cl. The highest BCUT2D eigenvalue weighted by Crippen LogP contribution is 2.32. The lowest BCUT2D eigenvalue weighted by molar-refractivity contribution is -0.107. The van der Waals surface area contributed by atoms with Crippen LogP contribution in [-0.4, -0.2) is 6.29 Å². The molecular weight excluding hydrogens is 351 g/mol. The molecule has 1 atom stereocenters. The molecule has 2 aromatic carbocycles. The van der Waals surface area contributed by atoms with Crippen LogP contribution in [0.4, 0.5) is 0 Å². The van der Waals surface area contributed by atoms with E-state index in [1.54, 1.807) is 42.5 Å². The number of halogens is 3. The van der Waals surface area contributed by atoms with E-state index >= 15 is 0 Å². The van der Waals surface area contributed by atoms with E-state index in [2.05, 4.69) is 15.9 Å². The molecule has 0 saturated carbocycles. The summed E-state index contributed by atoms with van der Waals surface area (Å²) in [5.41, 5.74) is 0.708. The molecule has 0 heterocycles. The quantitative estimate of drug-likeness (QED) is 0.538. The average Bonchev–Trinajstić information content (AvgIpc) is 2.41. The second kappa shape index (κ2) is 6.42. The van der Waals surface area contributed by atoms with Crippen molar-refractivity contribution in [3.63, 3.8) is 0 Å². The van der Waals surface area contributed by atoms with E-state index in [0.717, 1.165) is 6.29 Å². The number of hydrogen-bond donors (Lipinski definition) is 0. The number of carbonyl (C=O) groups is 1. The number of ether oxygens (including phenoxy) is 1. The van der Waals surface area contributed by atoms with Crippen LogP contribution in [-0.2, 0) is 4.79 Å². The summed E-state index contributed by atoms with van der Waals surface area (Å²) in [5, 5.41) is 1.12. The molecular formula is C14H9BrCl2O2. The normalized spacial score (nSPS) is 11.9. The molecule has 0 spiro atoms. The first-order chi connectivity index (χ1) is 9.10. The van der Waals surface area contributed by atoms with E-state index in [0.29, 0.717) is 27.1 Å². The summed E-state index contributed by atoms with van der Waals surface area (Å²) in [6.45, 7) is 0. The van der Waals surface area contributed by atoms with Crippen molar-refractivity contribution in [2.24, 2.45) is 0 Å². The fourth-order valence-corrected chi connectivity index (χ4v) is 2.45. The smallest absolute Gasteiger partial charge is 0.138 e. The van der Waals surface area contributed by atoms with Gasteiger partial charge in [-0.1, -0.05) is 45.2 Å². The summed E-state index contributed by atoms with van der Waals surface area (Å²) in [4.78, 5) is 10.3. The van der Waals surface area contributed by atoms with Gasteiger partial charge in [-0.3, -0.25) is 0 Å². The third-order valence-corrected chi connectivity index (χ3v) is 3.73. The van der Waals surface area contributed by atoms with Crippen LogP contribution in [0.1, 0.15) is 10.4 Å². The van der Waals surface area contributed by atoms with Crippen LogP contribution in [0.3, 0.4) is 0 Å². The highest BCUT2D eigenvalue weighted by molar-refractivity contribution is 9.09. The third kappa shape index (κ3) is 3.72. The standard InChI is InChI=1S/C14H9BrCl2O2/c15-13(8-18)12-6-5-11(7-14(12)17)19-10-3-1-9(16)2-4-10/h1-8,13H. The zero-order valence-electron chi connectivity index (χ0n) is 9.65. The summed E-state index contributed by atoms with van der Waals surface area (Å²) in [6.07, 6.45) is 0.779. The fourth-order valence-electron chi connectivity index (χ4n) is 1.51. The average molecular weight is 360 g/mol.